The maximum Gasteiger partial charge on any atom is 0.392 e. The van der Waals surface area contributed by atoms with Crippen molar-refractivity contribution in [1.29, 1.82) is 0 Å². The van der Waals surface area contributed by atoms with Gasteiger partial charge in [0.1, 0.15) is 11.6 Å². The van der Waals surface area contributed by atoms with Gasteiger partial charge in [0.25, 0.3) is 0 Å². The fourth-order valence-electron chi connectivity index (χ4n) is 3.25. The second-order valence-corrected chi connectivity index (χ2v) is 7.25. The van der Waals surface area contributed by atoms with Crippen molar-refractivity contribution in [2.75, 3.05) is 7.11 Å². The predicted molar refractivity (Wildman–Crippen MR) is 92.8 cm³/mol. The van der Waals surface area contributed by atoms with Gasteiger partial charge in [-0.1, -0.05) is 19.9 Å². The molecule has 0 bridgehead atoms. The Morgan fingerprint density at radius 3 is 2.38 bits per heavy atom. The smallest absolute Gasteiger partial charge is 0.392 e. The molecule has 0 fully saturated rings. The Kier molecular flexibility index (Phi) is 5.94. The summed E-state index contributed by atoms with van der Waals surface area (Å²) in [4.78, 5) is 3.98. The summed E-state index contributed by atoms with van der Waals surface area (Å²) in [6.07, 6.45) is -1.67. The molecular formula is C20H23F4NO. The maximum atomic E-state index is 13.7. The molecule has 0 aliphatic rings. The quantitative estimate of drug-likeness (QED) is 0.616. The van der Waals surface area contributed by atoms with Gasteiger partial charge in [0.15, 0.2) is 0 Å². The molecule has 0 spiro atoms. The summed E-state index contributed by atoms with van der Waals surface area (Å²) in [5.41, 5.74) is 0.852. The number of ether oxygens (including phenoxy) is 1. The third-order valence-electron chi connectivity index (χ3n) is 4.52. The number of hydrogen-bond donors (Lipinski definition) is 0. The Morgan fingerprint density at radius 2 is 1.81 bits per heavy atom. The average Bonchev–Trinajstić information content (AvgIpc) is 2.53. The lowest BCUT2D eigenvalue weighted by Gasteiger charge is -2.32. The SMILES string of the molecule is COc1ccc(F)cc1C(C)(C)CC(Cc1cncc(C)c1)C(F)(F)F. The first-order chi connectivity index (χ1) is 12.0. The molecule has 1 aromatic heterocycles. The fraction of sp³-hybridized carbons (Fsp3) is 0.450. The topological polar surface area (TPSA) is 22.1 Å². The highest BCUT2D eigenvalue weighted by Crippen LogP contribution is 2.42. The van der Waals surface area contributed by atoms with Crippen molar-refractivity contribution in [1.82, 2.24) is 4.98 Å². The molecule has 1 atom stereocenters. The van der Waals surface area contributed by atoms with Crippen LogP contribution in [0.1, 0.15) is 37.0 Å². The Labute approximate surface area is 151 Å². The van der Waals surface area contributed by atoms with E-state index in [9.17, 15) is 17.6 Å². The summed E-state index contributed by atoms with van der Waals surface area (Å²) >= 11 is 0. The van der Waals surface area contributed by atoms with E-state index in [2.05, 4.69) is 4.98 Å². The van der Waals surface area contributed by atoms with Crippen LogP contribution in [0.5, 0.6) is 5.75 Å². The lowest BCUT2D eigenvalue weighted by molar-refractivity contribution is -0.179. The van der Waals surface area contributed by atoms with Crippen molar-refractivity contribution < 1.29 is 22.3 Å². The monoisotopic (exact) mass is 369 g/mol. The molecule has 1 aromatic carbocycles. The van der Waals surface area contributed by atoms with E-state index < -0.39 is 23.3 Å². The number of aromatic nitrogens is 1. The summed E-state index contributed by atoms with van der Waals surface area (Å²) in [6.45, 7) is 5.15. The summed E-state index contributed by atoms with van der Waals surface area (Å²) in [7, 11) is 1.42. The highest BCUT2D eigenvalue weighted by molar-refractivity contribution is 5.39. The second-order valence-electron chi connectivity index (χ2n) is 7.25. The molecule has 0 saturated heterocycles. The normalized spacial score (nSPS) is 13.5. The molecule has 6 heteroatoms. The average molecular weight is 369 g/mol. The van der Waals surface area contributed by atoms with Crippen molar-refractivity contribution in [2.24, 2.45) is 5.92 Å². The van der Waals surface area contributed by atoms with E-state index in [0.717, 1.165) is 5.56 Å². The van der Waals surface area contributed by atoms with Gasteiger partial charge in [0.05, 0.1) is 13.0 Å². The zero-order chi connectivity index (χ0) is 19.5. The summed E-state index contributed by atoms with van der Waals surface area (Å²) in [5.74, 6) is -1.69. The number of nitrogens with zero attached hydrogens (tertiary/aromatic N) is 1. The van der Waals surface area contributed by atoms with E-state index in [1.165, 1.54) is 31.5 Å². The van der Waals surface area contributed by atoms with Gasteiger partial charge in [0, 0.05) is 18.0 Å². The summed E-state index contributed by atoms with van der Waals surface area (Å²) < 4.78 is 60.0. The number of alkyl halides is 3. The Bertz CT molecular complexity index is 756. The van der Waals surface area contributed by atoms with Gasteiger partial charge in [-0.15, -0.1) is 0 Å². The molecule has 2 aromatic rings. The van der Waals surface area contributed by atoms with E-state index in [-0.39, 0.29) is 12.8 Å². The van der Waals surface area contributed by atoms with Crippen LogP contribution in [0.3, 0.4) is 0 Å². The molecule has 1 heterocycles. The Balaban J connectivity index is 2.34. The van der Waals surface area contributed by atoms with Crippen LogP contribution in [0, 0.1) is 18.7 Å². The number of halogens is 4. The lowest BCUT2D eigenvalue weighted by atomic mass is 9.75. The third-order valence-corrected chi connectivity index (χ3v) is 4.52. The van der Waals surface area contributed by atoms with E-state index in [0.29, 0.717) is 16.9 Å². The highest BCUT2D eigenvalue weighted by atomic mass is 19.4. The van der Waals surface area contributed by atoms with Crippen LogP contribution in [-0.2, 0) is 11.8 Å². The van der Waals surface area contributed by atoms with Crippen molar-refractivity contribution in [2.45, 2.75) is 45.2 Å². The first kappa shape index (κ1) is 20.2. The summed E-state index contributed by atoms with van der Waals surface area (Å²) in [5, 5.41) is 0. The van der Waals surface area contributed by atoms with Crippen LogP contribution in [-0.4, -0.2) is 18.3 Å². The van der Waals surface area contributed by atoms with E-state index in [1.807, 2.05) is 0 Å². The molecule has 26 heavy (non-hydrogen) atoms. The van der Waals surface area contributed by atoms with E-state index in [1.54, 1.807) is 33.0 Å². The first-order valence-corrected chi connectivity index (χ1v) is 8.34. The van der Waals surface area contributed by atoms with Crippen molar-refractivity contribution >= 4 is 0 Å². The van der Waals surface area contributed by atoms with Crippen LogP contribution in [0.15, 0.2) is 36.7 Å². The zero-order valence-corrected chi connectivity index (χ0v) is 15.3. The van der Waals surface area contributed by atoms with Gasteiger partial charge in [0.2, 0.25) is 0 Å². The molecule has 142 valence electrons. The molecule has 0 saturated carbocycles. The van der Waals surface area contributed by atoms with Crippen LogP contribution < -0.4 is 4.74 Å². The largest absolute Gasteiger partial charge is 0.496 e. The van der Waals surface area contributed by atoms with E-state index in [4.69, 9.17) is 4.74 Å². The van der Waals surface area contributed by atoms with Crippen LogP contribution in [0.2, 0.25) is 0 Å². The Morgan fingerprint density at radius 1 is 1.12 bits per heavy atom. The lowest BCUT2D eigenvalue weighted by Crippen LogP contribution is -2.32. The molecule has 0 radical (unpaired) electrons. The molecule has 0 N–H and O–H groups in total. The minimum atomic E-state index is -4.37. The molecule has 2 rings (SSSR count). The standard InChI is InChI=1S/C20H23F4NO/c1-13-7-14(12-25-11-13)8-15(20(22,23)24)10-19(2,3)17-9-16(21)5-6-18(17)26-4/h5-7,9,11-12,15H,8,10H2,1-4H3. The number of rotatable bonds is 6. The Hall–Kier alpha value is -2.11. The maximum absolute atomic E-state index is 13.7. The first-order valence-electron chi connectivity index (χ1n) is 8.34. The van der Waals surface area contributed by atoms with Crippen molar-refractivity contribution in [3.63, 3.8) is 0 Å². The van der Waals surface area contributed by atoms with Gasteiger partial charge in [-0.05, 0) is 54.5 Å². The highest BCUT2D eigenvalue weighted by Gasteiger charge is 2.43. The molecule has 1 unspecified atom stereocenters. The van der Waals surface area contributed by atoms with Crippen molar-refractivity contribution in [3.8, 4) is 5.75 Å². The van der Waals surface area contributed by atoms with Gasteiger partial charge >= 0.3 is 6.18 Å². The molecule has 0 aliphatic heterocycles. The molecule has 2 nitrogen and oxygen atoms in total. The van der Waals surface area contributed by atoms with Gasteiger partial charge in [-0.25, -0.2) is 4.39 Å². The minimum absolute atomic E-state index is 0.167. The van der Waals surface area contributed by atoms with Crippen LogP contribution >= 0.6 is 0 Å². The number of hydrogen-bond acceptors (Lipinski definition) is 2. The zero-order valence-electron chi connectivity index (χ0n) is 15.3. The number of benzene rings is 1. The van der Waals surface area contributed by atoms with Crippen LogP contribution in [0.4, 0.5) is 17.6 Å². The summed E-state index contributed by atoms with van der Waals surface area (Å²) in [6, 6.07) is 5.64. The second kappa shape index (κ2) is 7.64. The van der Waals surface area contributed by atoms with E-state index >= 15 is 0 Å². The number of pyridine rings is 1. The number of methoxy groups -OCH3 is 1. The van der Waals surface area contributed by atoms with Gasteiger partial charge in [-0.2, -0.15) is 13.2 Å². The molecular weight excluding hydrogens is 346 g/mol. The van der Waals surface area contributed by atoms with Gasteiger partial charge in [-0.3, -0.25) is 4.98 Å². The fourth-order valence-corrected chi connectivity index (χ4v) is 3.25. The predicted octanol–water partition coefficient (Wildman–Crippen LogP) is 5.63. The van der Waals surface area contributed by atoms with Crippen molar-refractivity contribution in [3.05, 3.63) is 59.2 Å². The van der Waals surface area contributed by atoms with Crippen LogP contribution in [0.25, 0.3) is 0 Å². The molecule has 0 aliphatic carbocycles. The van der Waals surface area contributed by atoms with Gasteiger partial charge < -0.3 is 4.74 Å². The number of aryl methyl sites for hydroxylation is 1. The third kappa shape index (κ3) is 4.96. The minimum Gasteiger partial charge on any atom is -0.496 e. The molecule has 0 amide bonds.